The molecule has 0 aliphatic rings. The van der Waals surface area contributed by atoms with Gasteiger partial charge in [0, 0.05) is 6.42 Å². The summed E-state index contributed by atoms with van der Waals surface area (Å²) in [6.07, 6.45) is -4.05. The number of carbonyl (C=O) groups excluding carboxylic acids is 1. The Morgan fingerprint density at radius 2 is 2.11 bits per heavy atom. The second-order valence-corrected chi connectivity index (χ2v) is 1.67. The van der Waals surface area contributed by atoms with Gasteiger partial charge < -0.3 is 20.1 Å². The molecule has 0 aromatic heterocycles. The second-order valence-electron chi connectivity index (χ2n) is 1.67. The Morgan fingerprint density at radius 1 is 1.56 bits per heavy atom. The van der Waals surface area contributed by atoms with Crippen LogP contribution in [0.5, 0.6) is 0 Å². The molecule has 0 aliphatic heterocycles. The number of aliphatic hydroxyl groups is 3. The summed E-state index contributed by atoms with van der Waals surface area (Å²) in [5.74, 6) is 0. The van der Waals surface area contributed by atoms with E-state index >= 15 is 0 Å². The summed E-state index contributed by atoms with van der Waals surface area (Å²) in [7, 11) is 0. The number of aliphatic hydroxyl groups excluding tert-OH is 3. The monoisotopic (exact) mass is 135 g/mol. The zero-order valence-electron chi connectivity index (χ0n) is 5.82. The quantitative estimate of drug-likeness (QED) is 0.401. The van der Waals surface area contributed by atoms with Crippen LogP contribution in [0.15, 0.2) is 0 Å². The van der Waals surface area contributed by atoms with E-state index in [4.69, 9.17) is 16.7 Å². The first kappa shape index (κ1) is 6.67. The van der Waals surface area contributed by atoms with Crippen LogP contribution < -0.4 is 0 Å². The van der Waals surface area contributed by atoms with Gasteiger partial charge in [0.25, 0.3) is 0 Å². The maximum atomic E-state index is 9.99. The molecule has 0 saturated carbocycles. The lowest BCUT2D eigenvalue weighted by atomic mass is 10.2. The van der Waals surface area contributed by atoms with Crippen molar-refractivity contribution < 1.29 is 21.5 Å². The topological polar surface area (TPSA) is 77.8 Å². The van der Waals surface area contributed by atoms with E-state index in [-0.39, 0.29) is 0 Å². The molecule has 0 aromatic carbocycles. The van der Waals surface area contributed by atoms with E-state index in [0.29, 0.717) is 0 Å². The molecule has 2 atom stereocenters. The second kappa shape index (κ2) is 4.43. The van der Waals surface area contributed by atoms with Gasteiger partial charge in [-0.2, -0.15) is 0 Å². The molecule has 0 rings (SSSR count). The van der Waals surface area contributed by atoms with Crippen LogP contribution in [-0.4, -0.2) is 40.4 Å². The summed E-state index contributed by atoms with van der Waals surface area (Å²) >= 11 is 0. The SMILES string of the molecule is [2H]C(=O)C[C@H](O)[C@H](O)CO. The highest BCUT2D eigenvalue weighted by Crippen LogP contribution is 1.94. The molecule has 9 heavy (non-hydrogen) atoms. The van der Waals surface area contributed by atoms with Crippen LogP contribution in [0.1, 0.15) is 7.79 Å². The summed E-state index contributed by atoms with van der Waals surface area (Å²) in [6, 6.07) is 0. The molecule has 4 heteroatoms. The molecule has 0 radical (unpaired) electrons. The third-order valence-electron chi connectivity index (χ3n) is 0.924. The van der Waals surface area contributed by atoms with Gasteiger partial charge in [0.05, 0.1) is 12.7 Å². The molecule has 0 heterocycles. The van der Waals surface area contributed by atoms with Gasteiger partial charge in [-0.15, -0.1) is 0 Å². The molecule has 0 spiro atoms. The Morgan fingerprint density at radius 3 is 2.44 bits per heavy atom. The van der Waals surface area contributed by atoms with Crippen molar-refractivity contribution in [2.24, 2.45) is 0 Å². The highest BCUT2D eigenvalue weighted by Gasteiger charge is 2.13. The molecule has 4 nitrogen and oxygen atoms in total. The Balaban J connectivity index is 3.61. The van der Waals surface area contributed by atoms with Crippen LogP contribution in [0.3, 0.4) is 0 Å². The zero-order valence-corrected chi connectivity index (χ0v) is 4.82. The van der Waals surface area contributed by atoms with Crippen molar-refractivity contribution in [1.29, 1.82) is 0 Å². The van der Waals surface area contributed by atoms with E-state index in [0.717, 1.165) is 0 Å². The number of hydrogen-bond donors (Lipinski definition) is 3. The first-order valence-electron chi connectivity index (χ1n) is 3.04. The van der Waals surface area contributed by atoms with Crippen molar-refractivity contribution >= 4 is 6.26 Å². The predicted molar refractivity (Wildman–Crippen MR) is 29.8 cm³/mol. The highest BCUT2D eigenvalue weighted by atomic mass is 16.4. The lowest BCUT2D eigenvalue weighted by molar-refractivity contribution is -0.111. The smallest absolute Gasteiger partial charge is 0.122 e. The van der Waals surface area contributed by atoms with Crippen LogP contribution in [0, 0.1) is 0 Å². The van der Waals surface area contributed by atoms with Gasteiger partial charge in [0.1, 0.15) is 13.7 Å². The van der Waals surface area contributed by atoms with E-state index in [1.165, 1.54) is 0 Å². The molecule has 0 aliphatic carbocycles. The standard InChI is InChI=1S/C5H10O4/c6-2-1-4(8)5(9)3-7/h2,4-5,7-9H,1,3H2/t4-,5+/m0/s1/i2D. The Kier molecular flexibility index (Phi) is 3.28. The van der Waals surface area contributed by atoms with Crippen molar-refractivity contribution in [3.63, 3.8) is 0 Å². The minimum Gasteiger partial charge on any atom is -0.394 e. The fourth-order valence-corrected chi connectivity index (χ4v) is 0.343. The van der Waals surface area contributed by atoms with Crippen LogP contribution in [0.2, 0.25) is 0 Å². The molecular formula is C5H10O4. The number of carbonyl (C=O) groups is 1. The molecular weight excluding hydrogens is 124 g/mol. The highest BCUT2D eigenvalue weighted by molar-refractivity contribution is 5.50. The van der Waals surface area contributed by atoms with Crippen molar-refractivity contribution in [2.45, 2.75) is 18.6 Å². The summed E-state index contributed by atoms with van der Waals surface area (Å²) in [5, 5.41) is 25.6. The van der Waals surface area contributed by atoms with Crippen molar-refractivity contribution in [3.05, 3.63) is 0 Å². The molecule has 0 fully saturated rings. The summed E-state index contributed by atoms with van der Waals surface area (Å²) in [4.78, 5) is 9.99. The molecule has 0 saturated heterocycles. The van der Waals surface area contributed by atoms with Crippen molar-refractivity contribution in [1.82, 2.24) is 0 Å². The average molecular weight is 135 g/mol. The van der Waals surface area contributed by atoms with Gasteiger partial charge in [0.15, 0.2) is 0 Å². The minimum atomic E-state index is -1.32. The first-order chi connectivity index (χ1) is 4.57. The van der Waals surface area contributed by atoms with Gasteiger partial charge in [-0.1, -0.05) is 0 Å². The maximum Gasteiger partial charge on any atom is 0.122 e. The minimum absolute atomic E-state index is 0.443. The summed E-state index contributed by atoms with van der Waals surface area (Å²) in [5.41, 5.74) is 0. The third kappa shape index (κ3) is 3.18. The first-order valence-corrected chi connectivity index (χ1v) is 2.54. The van der Waals surface area contributed by atoms with Gasteiger partial charge in [-0.25, -0.2) is 0 Å². The van der Waals surface area contributed by atoms with Crippen LogP contribution in [-0.2, 0) is 4.79 Å². The van der Waals surface area contributed by atoms with Crippen LogP contribution in [0.4, 0.5) is 0 Å². The van der Waals surface area contributed by atoms with Crippen molar-refractivity contribution in [3.8, 4) is 0 Å². The molecule has 0 unspecified atom stereocenters. The average Bonchev–Trinajstić information content (AvgIpc) is 1.85. The lowest BCUT2D eigenvalue weighted by Crippen LogP contribution is -2.29. The van der Waals surface area contributed by atoms with E-state index in [1.807, 2.05) is 0 Å². The van der Waals surface area contributed by atoms with Gasteiger partial charge in [0.2, 0.25) is 0 Å². The summed E-state index contributed by atoms with van der Waals surface area (Å²) < 4.78 is 6.38. The Hall–Kier alpha value is -0.450. The number of aldehydes is 1. The lowest BCUT2D eigenvalue weighted by Gasteiger charge is -2.11. The maximum absolute atomic E-state index is 9.99. The van der Waals surface area contributed by atoms with Gasteiger partial charge in [-0.3, -0.25) is 0 Å². The summed E-state index contributed by atoms with van der Waals surface area (Å²) in [6.45, 7) is -0.603. The fourth-order valence-electron chi connectivity index (χ4n) is 0.343. The van der Waals surface area contributed by atoms with Crippen LogP contribution in [0.25, 0.3) is 0 Å². The Bertz CT molecular complexity index is 116. The van der Waals surface area contributed by atoms with E-state index in [1.54, 1.807) is 0 Å². The largest absolute Gasteiger partial charge is 0.394 e. The normalized spacial score (nSPS) is 18.3. The number of rotatable bonds is 4. The van der Waals surface area contributed by atoms with Crippen LogP contribution >= 0.6 is 0 Å². The van der Waals surface area contributed by atoms with Crippen molar-refractivity contribution in [2.75, 3.05) is 6.61 Å². The molecule has 3 N–H and O–H groups in total. The number of hydrogen-bond acceptors (Lipinski definition) is 4. The molecule has 0 amide bonds. The zero-order chi connectivity index (χ0) is 8.15. The molecule has 54 valence electrons. The Labute approximate surface area is 54.1 Å². The fraction of sp³-hybridized carbons (Fsp3) is 0.800. The predicted octanol–water partition coefficient (Wildman–Crippen LogP) is -1.71. The van der Waals surface area contributed by atoms with Gasteiger partial charge >= 0.3 is 0 Å². The van der Waals surface area contributed by atoms with E-state index < -0.39 is 31.5 Å². The molecule has 0 bridgehead atoms. The third-order valence-corrected chi connectivity index (χ3v) is 0.924. The van der Waals surface area contributed by atoms with E-state index in [9.17, 15) is 4.79 Å². The van der Waals surface area contributed by atoms with Gasteiger partial charge in [-0.05, 0) is 0 Å². The molecule has 0 aromatic rings. The van der Waals surface area contributed by atoms with E-state index in [2.05, 4.69) is 0 Å².